The molecule has 0 spiro atoms. The molecular formula is C26H29F2N3O4. The van der Waals surface area contributed by atoms with E-state index < -0.39 is 35.5 Å². The lowest BCUT2D eigenvalue weighted by molar-refractivity contribution is -0.138. The van der Waals surface area contributed by atoms with Crippen LogP contribution in [0.25, 0.3) is 0 Å². The number of carbonyl (C=O) groups is 3. The molecule has 0 bridgehead atoms. The van der Waals surface area contributed by atoms with Gasteiger partial charge in [0.05, 0.1) is 19.1 Å². The Morgan fingerprint density at radius 3 is 2.49 bits per heavy atom. The molecule has 1 aliphatic heterocycles. The molecule has 0 saturated heterocycles. The highest BCUT2D eigenvalue weighted by molar-refractivity contribution is 5.92. The van der Waals surface area contributed by atoms with Crippen LogP contribution in [0, 0.1) is 11.6 Å². The van der Waals surface area contributed by atoms with Crippen LogP contribution in [0.4, 0.5) is 8.78 Å². The van der Waals surface area contributed by atoms with E-state index in [0.29, 0.717) is 25.6 Å². The second-order valence-electron chi connectivity index (χ2n) is 8.35. The zero-order valence-electron chi connectivity index (χ0n) is 19.7. The minimum Gasteiger partial charge on any atom is -0.383 e. The van der Waals surface area contributed by atoms with Gasteiger partial charge in [-0.15, -0.1) is 0 Å². The van der Waals surface area contributed by atoms with E-state index in [1.54, 1.807) is 12.0 Å². The van der Waals surface area contributed by atoms with Gasteiger partial charge in [-0.2, -0.15) is 0 Å². The van der Waals surface area contributed by atoms with Gasteiger partial charge in [-0.25, -0.2) is 8.78 Å². The predicted octanol–water partition coefficient (Wildman–Crippen LogP) is 2.67. The number of amides is 3. The van der Waals surface area contributed by atoms with Crippen molar-refractivity contribution in [2.45, 2.75) is 37.9 Å². The fourth-order valence-electron chi connectivity index (χ4n) is 3.94. The highest BCUT2D eigenvalue weighted by atomic mass is 19.1. The van der Waals surface area contributed by atoms with Crippen LogP contribution >= 0.6 is 0 Å². The Labute approximate surface area is 203 Å². The molecule has 0 saturated carbocycles. The maximum Gasteiger partial charge on any atom is 0.246 e. The van der Waals surface area contributed by atoms with Crippen LogP contribution < -0.4 is 10.6 Å². The van der Waals surface area contributed by atoms with E-state index in [1.165, 1.54) is 6.92 Å². The number of nitrogens with one attached hydrogen (secondary N) is 2. The van der Waals surface area contributed by atoms with Gasteiger partial charge in [-0.05, 0) is 36.6 Å². The van der Waals surface area contributed by atoms with E-state index in [0.717, 1.165) is 17.7 Å². The fraction of sp³-hybridized carbons (Fsp3) is 0.346. The van der Waals surface area contributed by atoms with E-state index in [1.807, 2.05) is 42.5 Å². The van der Waals surface area contributed by atoms with E-state index >= 15 is 0 Å². The van der Waals surface area contributed by atoms with Crippen molar-refractivity contribution in [2.75, 3.05) is 20.3 Å². The lowest BCUT2D eigenvalue weighted by atomic mass is 10.1. The van der Waals surface area contributed by atoms with Gasteiger partial charge >= 0.3 is 0 Å². The molecule has 186 valence electrons. The summed E-state index contributed by atoms with van der Waals surface area (Å²) >= 11 is 0. The number of benzene rings is 2. The molecule has 1 heterocycles. The molecule has 1 aliphatic rings. The zero-order chi connectivity index (χ0) is 25.4. The number of rotatable bonds is 9. The fourth-order valence-corrected chi connectivity index (χ4v) is 3.94. The van der Waals surface area contributed by atoms with Crippen LogP contribution in [-0.2, 0) is 25.5 Å². The standard InChI is InChI=1S/C26H29F2N3O4/c1-17(29-24(32)15-18-13-20(27)16-21(28)14-18)25(33)30-22-9-6-10-23(19-7-4-3-5-8-19)31(26(22)34)11-12-35-2/h3-8,10,13-14,16-17,22-23H,9,11-12,15H2,1-2H3,(H,29,32)(H,30,33)/t17?,22-,23?/m0/s1. The lowest BCUT2D eigenvalue weighted by Crippen LogP contribution is -2.53. The first-order valence-corrected chi connectivity index (χ1v) is 11.3. The average molecular weight is 486 g/mol. The Bertz CT molecular complexity index is 1060. The van der Waals surface area contributed by atoms with Crippen LogP contribution in [0.3, 0.4) is 0 Å². The smallest absolute Gasteiger partial charge is 0.246 e. The summed E-state index contributed by atoms with van der Waals surface area (Å²) < 4.78 is 31.9. The summed E-state index contributed by atoms with van der Waals surface area (Å²) in [5.41, 5.74) is 1.09. The first-order chi connectivity index (χ1) is 16.8. The van der Waals surface area contributed by atoms with Gasteiger partial charge in [-0.3, -0.25) is 14.4 Å². The predicted molar refractivity (Wildman–Crippen MR) is 126 cm³/mol. The SMILES string of the molecule is COCCN1C(=O)[C@@H](NC(=O)C(C)NC(=O)Cc2cc(F)cc(F)c2)CC=CC1c1ccccc1. The number of carbonyl (C=O) groups excluding carboxylic acids is 3. The van der Waals surface area contributed by atoms with Crippen LogP contribution in [0.15, 0.2) is 60.7 Å². The summed E-state index contributed by atoms with van der Waals surface area (Å²) in [5, 5.41) is 5.23. The highest BCUT2D eigenvalue weighted by Gasteiger charge is 2.33. The Kier molecular flexibility index (Phi) is 9.08. The zero-order valence-corrected chi connectivity index (χ0v) is 19.7. The molecule has 3 rings (SSSR count). The van der Waals surface area contributed by atoms with Gasteiger partial charge in [0.2, 0.25) is 17.7 Å². The van der Waals surface area contributed by atoms with Crippen molar-refractivity contribution in [2.24, 2.45) is 0 Å². The Morgan fingerprint density at radius 2 is 1.83 bits per heavy atom. The summed E-state index contributed by atoms with van der Waals surface area (Å²) in [6.45, 7) is 2.14. The number of methoxy groups -OCH3 is 1. The molecule has 2 N–H and O–H groups in total. The number of halogens is 2. The Hall–Kier alpha value is -3.59. The molecule has 3 atom stereocenters. The summed E-state index contributed by atoms with van der Waals surface area (Å²) in [7, 11) is 1.55. The molecular weight excluding hydrogens is 456 g/mol. The highest BCUT2D eigenvalue weighted by Crippen LogP contribution is 2.26. The Balaban J connectivity index is 1.64. The molecule has 3 amide bonds. The van der Waals surface area contributed by atoms with Crippen molar-refractivity contribution in [1.82, 2.24) is 15.5 Å². The third-order valence-electron chi connectivity index (χ3n) is 5.66. The van der Waals surface area contributed by atoms with Crippen LogP contribution in [-0.4, -0.2) is 55.0 Å². The van der Waals surface area contributed by atoms with Crippen LogP contribution in [0.2, 0.25) is 0 Å². The summed E-state index contributed by atoms with van der Waals surface area (Å²) in [6, 6.07) is 10.3. The molecule has 2 aromatic rings. The molecule has 0 aromatic heterocycles. The van der Waals surface area contributed by atoms with E-state index in [4.69, 9.17) is 4.74 Å². The van der Waals surface area contributed by atoms with Gasteiger partial charge < -0.3 is 20.3 Å². The van der Waals surface area contributed by atoms with Crippen molar-refractivity contribution >= 4 is 17.7 Å². The molecule has 0 radical (unpaired) electrons. The number of hydrogen-bond acceptors (Lipinski definition) is 4. The lowest BCUT2D eigenvalue weighted by Gasteiger charge is -2.31. The van der Waals surface area contributed by atoms with E-state index in [9.17, 15) is 23.2 Å². The largest absolute Gasteiger partial charge is 0.383 e. The van der Waals surface area contributed by atoms with Gasteiger partial charge in [0.25, 0.3) is 0 Å². The van der Waals surface area contributed by atoms with Crippen molar-refractivity contribution in [3.8, 4) is 0 Å². The molecule has 35 heavy (non-hydrogen) atoms. The summed E-state index contributed by atoms with van der Waals surface area (Å²) in [5.74, 6) is -2.95. The van der Waals surface area contributed by atoms with E-state index in [2.05, 4.69) is 10.6 Å². The first-order valence-electron chi connectivity index (χ1n) is 11.3. The first kappa shape index (κ1) is 26.0. The normalized spacial score (nSPS) is 18.6. The van der Waals surface area contributed by atoms with Crippen molar-refractivity contribution in [3.63, 3.8) is 0 Å². The molecule has 0 aliphatic carbocycles. The minimum atomic E-state index is -0.960. The molecule has 7 nitrogen and oxygen atoms in total. The third-order valence-corrected chi connectivity index (χ3v) is 5.66. The maximum atomic E-state index is 13.4. The van der Waals surface area contributed by atoms with E-state index in [-0.39, 0.29) is 23.9 Å². The monoisotopic (exact) mass is 485 g/mol. The topological polar surface area (TPSA) is 87.7 Å². The van der Waals surface area contributed by atoms with Crippen molar-refractivity contribution < 1.29 is 27.9 Å². The second kappa shape index (κ2) is 12.2. The molecule has 9 heteroatoms. The molecule has 0 fully saturated rings. The number of nitrogens with zero attached hydrogens (tertiary/aromatic N) is 1. The van der Waals surface area contributed by atoms with Gasteiger partial charge in [0, 0.05) is 19.7 Å². The second-order valence-corrected chi connectivity index (χ2v) is 8.35. The van der Waals surface area contributed by atoms with Crippen LogP contribution in [0.1, 0.15) is 30.5 Å². The number of hydrogen-bond donors (Lipinski definition) is 2. The van der Waals surface area contributed by atoms with Crippen molar-refractivity contribution in [1.29, 1.82) is 0 Å². The van der Waals surface area contributed by atoms with Crippen LogP contribution in [0.5, 0.6) is 0 Å². The summed E-state index contributed by atoms with van der Waals surface area (Å²) in [6.07, 6.45) is 3.79. The molecule has 2 aromatic carbocycles. The van der Waals surface area contributed by atoms with Gasteiger partial charge in [-0.1, -0.05) is 42.5 Å². The van der Waals surface area contributed by atoms with Gasteiger partial charge in [0.15, 0.2) is 0 Å². The average Bonchev–Trinajstić information content (AvgIpc) is 2.96. The van der Waals surface area contributed by atoms with Crippen molar-refractivity contribution in [3.05, 3.63) is 83.4 Å². The number of ether oxygens (including phenoxy) is 1. The summed E-state index contributed by atoms with van der Waals surface area (Å²) in [4.78, 5) is 40.1. The Morgan fingerprint density at radius 1 is 1.14 bits per heavy atom. The van der Waals surface area contributed by atoms with Gasteiger partial charge in [0.1, 0.15) is 23.7 Å². The minimum absolute atomic E-state index is 0.150. The molecule has 2 unspecified atom stereocenters. The maximum absolute atomic E-state index is 13.4. The third kappa shape index (κ3) is 7.19. The quantitative estimate of drug-likeness (QED) is 0.535.